The molecule has 15 heavy (non-hydrogen) atoms. The molecule has 0 aliphatic rings. The molecule has 0 aromatic rings. The largest absolute Gasteiger partial charge is 1.00 e. The van der Waals surface area contributed by atoms with E-state index in [-0.39, 0.29) is 29.6 Å². The number of aliphatic carboxylic acids is 2. The molecular weight excluding hydrogens is 227 g/mol. The summed E-state index contributed by atoms with van der Waals surface area (Å²) < 4.78 is 0. The van der Waals surface area contributed by atoms with Crippen molar-refractivity contribution in [2.75, 3.05) is 0 Å². The van der Waals surface area contributed by atoms with E-state index in [1.165, 1.54) is 0 Å². The second-order valence-corrected chi connectivity index (χ2v) is 1.83. The van der Waals surface area contributed by atoms with Gasteiger partial charge in [0.25, 0.3) is 0 Å². The molecule has 2 atom stereocenters. The Morgan fingerprint density at radius 3 is 1.27 bits per heavy atom. The number of carbonyl (C=O) groups is 3. The average Bonchev–Trinajstić information content (AvgIpc) is 2.00. The number of rotatable bonds is 3. The third-order valence-corrected chi connectivity index (χ3v) is 0.794. The number of carbonyl (C=O) groups excluding carboxylic acids is 1. The molecule has 10 heteroatoms. The van der Waals surface area contributed by atoms with Crippen LogP contribution in [0, 0.1) is 0 Å². The zero-order chi connectivity index (χ0) is 11.9. The Labute approximate surface area is 105 Å². The molecule has 0 aliphatic carbocycles. The van der Waals surface area contributed by atoms with Crippen LogP contribution in [0.5, 0.6) is 0 Å². The summed E-state index contributed by atoms with van der Waals surface area (Å²) in [6.45, 7) is 0. The van der Waals surface area contributed by atoms with Crippen LogP contribution < -0.4 is 34.7 Å². The Morgan fingerprint density at radius 2 is 1.20 bits per heavy atom. The van der Waals surface area contributed by atoms with Crippen molar-refractivity contribution in [1.29, 1.82) is 0 Å². The van der Waals surface area contributed by atoms with E-state index in [0.717, 1.165) is 0 Å². The maximum atomic E-state index is 9.74. The fourth-order valence-corrected chi connectivity index (χ4v) is 0.264. The number of aliphatic hydroxyl groups excluding tert-OH is 2. The molecule has 0 aromatic heterocycles. The number of aliphatic hydroxyl groups is 2. The predicted octanol–water partition coefficient (Wildman–Crippen LogP) is -6.23. The molecule has 0 saturated heterocycles. The number of carboxylic acid groups (broad SMARTS) is 4. The van der Waals surface area contributed by atoms with Crippen molar-refractivity contribution in [3.8, 4) is 0 Å². The van der Waals surface area contributed by atoms with Gasteiger partial charge in [-0.1, -0.05) is 0 Å². The van der Waals surface area contributed by atoms with Crippen molar-refractivity contribution < 1.29 is 74.6 Å². The fraction of sp³-hybridized carbons (Fsp3) is 0.400. The Hall–Kier alpha value is -0.870. The Bertz CT molecular complexity index is 205. The molecule has 0 spiro atoms. The molecule has 9 nitrogen and oxygen atoms in total. The summed E-state index contributed by atoms with van der Waals surface area (Å²) in [6, 6.07) is 0. The van der Waals surface area contributed by atoms with E-state index in [1.54, 1.807) is 0 Å². The zero-order valence-corrected chi connectivity index (χ0v) is 9.52. The molecule has 0 aliphatic heterocycles. The van der Waals surface area contributed by atoms with Crippen LogP contribution in [0.2, 0.25) is 0 Å². The first-order chi connectivity index (χ1) is 6.20. The van der Waals surface area contributed by atoms with Crippen LogP contribution in [0.1, 0.15) is 0 Å². The molecule has 0 rings (SSSR count). The molecule has 0 saturated carbocycles. The van der Waals surface area contributed by atoms with Gasteiger partial charge in [-0.15, -0.1) is 0 Å². The molecular formula is C5H7NaO9. The molecule has 2 unspecified atom stereocenters. The van der Waals surface area contributed by atoms with Crippen molar-refractivity contribution in [1.82, 2.24) is 0 Å². The van der Waals surface area contributed by atoms with E-state index < -0.39 is 30.3 Å². The van der Waals surface area contributed by atoms with Gasteiger partial charge in [0.05, 0.1) is 5.97 Å². The minimum absolute atomic E-state index is 0. The van der Waals surface area contributed by atoms with E-state index in [4.69, 9.17) is 30.3 Å². The third-order valence-electron chi connectivity index (χ3n) is 0.794. The van der Waals surface area contributed by atoms with Crippen LogP contribution in [0.4, 0.5) is 4.79 Å². The van der Waals surface area contributed by atoms with Gasteiger partial charge in [-0.2, -0.15) is 0 Å². The monoisotopic (exact) mass is 234 g/mol. The Balaban J connectivity index is -0.000000249. The van der Waals surface area contributed by atoms with Crippen molar-refractivity contribution in [2.24, 2.45) is 0 Å². The first kappa shape index (κ1) is 19.7. The van der Waals surface area contributed by atoms with Gasteiger partial charge in [0.15, 0.2) is 6.10 Å². The van der Waals surface area contributed by atoms with Crippen LogP contribution in [-0.4, -0.2) is 55.8 Å². The van der Waals surface area contributed by atoms with Gasteiger partial charge in [-0.25, -0.2) is 9.59 Å². The zero-order valence-electron chi connectivity index (χ0n) is 7.52. The van der Waals surface area contributed by atoms with Gasteiger partial charge in [-0.3, -0.25) is 0 Å². The summed E-state index contributed by atoms with van der Waals surface area (Å²) in [5.74, 6) is -3.83. The smallest absolute Gasteiger partial charge is 0.547 e. The van der Waals surface area contributed by atoms with Crippen LogP contribution >= 0.6 is 0 Å². The number of hydrogen-bond acceptors (Lipinski definition) is 6. The Kier molecular flexibility index (Phi) is 12.7. The van der Waals surface area contributed by atoms with Gasteiger partial charge in [0.1, 0.15) is 6.10 Å². The fourth-order valence-electron chi connectivity index (χ4n) is 0.264. The average molecular weight is 234 g/mol. The van der Waals surface area contributed by atoms with Crippen molar-refractivity contribution in [2.45, 2.75) is 12.2 Å². The molecule has 0 heterocycles. The molecule has 0 amide bonds. The van der Waals surface area contributed by atoms with E-state index in [0.29, 0.717) is 0 Å². The van der Waals surface area contributed by atoms with Crippen LogP contribution in [0.3, 0.4) is 0 Å². The summed E-state index contributed by atoms with van der Waals surface area (Å²) in [6.07, 6.45) is -6.54. The van der Waals surface area contributed by atoms with E-state index >= 15 is 0 Å². The SMILES string of the molecule is O=C(O)O.O=C([O-])C(O)C(O)C(=O)O.[Na+]. The van der Waals surface area contributed by atoms with Crippen molar-refractivity contribution >= 4 is 18.1 Å². The van der Waals surface area contributed by atoms with Crippen LogP contribution in [0.15, 0.2) is 0 Å². The quantitative estimate of drug-likeness (QED) is 0.297. The minimum Gasteiger partial charge on any atom is -0.547 e. The normalized spacial score (nSPS) is 12.1. The van der Waals surface area contributed by atoms with Crippen LogP contribution in [0.25, 0.3) is 0 Å². The molecule has 82 valence electrons. The molecule has 0 bridgehead atoms. The maximum Gasteiger partial charge on any atom is 1.00 e. The second kappa shape index (κ2) is 9.68. The topological polar surface area (TPSA) is 175 Å². The first-order valence-corrected chi connectivity index (χ1v) is 2.91. The standard InChI is InChI=1S/C4H6O6.CH2O3.Na/c5-1(3(7)8)2(6)4(9)10;2-1(3)4;/h1-2,5-6H,(H,7,8)(H,9,10);(H2,2,3,4);/q;;+1/p-1. The van der Waals surface area contributed by atoms with Crippen molar-refractivity contribution in [3.05, 3.63) is 0 Å². The third kappa shape index (κ3) is 13.1. The predicted molar refractivity (Wildman–Crippen MR) is 35.3 cm³/mol. The van der Waals surface area contributed by atoms with E-state index in [9.17, 15) is 14.7 Å². The maximum absolute atomic E-state index is 9.74. The van der Waals surface area contributed by atoms with Gasteiger partial charge < -0.3 is 35.4 Å². The molecule has 0 aromatic carbocycles. The number of hydrogen-bond donors (Lipinski definition) is 5. The van der Waals surface area contributed by atoms with Gasteiger partial charge >= 0.3 is 41.7 Å². The van der Waals surface area contributed by atoms with E-state index in [1.807, 2.05) is 0 Å². The molecule has 0 fully saturated rings. The summed E-state index contributed by atoms with van der Waals surface area (Å²) >= 11 is 0. The summed E-state index contributed by atoms with van der Waals surface area (Å²) in [5.41, 5.74) is 0. The summed E-state index contributed by atoms with van der Waals surface area (Å²) in [7, 11) is 0. The first-order valence-electron chi connectivity index (χ1n) is 2.91. The van der Waals surface area contributed by atoms with Gasteiger partial charge in [0.2, 0.25) is 0 Å². The minimum atomic E-state index is -2.38. The van der Waals surface area contributed by atoms with E-state index in [2.05, 4.69) is 0 Å². The van der Waals surface area contributed by atoms with Crippen LogP contribution in [-0.2, 0) is 9.59 Å². The second-order valence-electron chi connectivity index (χ2n) is 1.83. The molecule has 0 radical (unpaired) electrons. The number of carboxylic acids is 2. The van der Waals surface area contributed by atoms with Crippen molar-refractivity contribution in [3.63, 3.8) is 0 Å². The van der Waals surface area contributed by atoms with Gasteiger partial charge in [0, 0.05) is 0 Å². The summed E-state index contributed by atoms with van der Waals surface area (Å²) in [4.78, 5) is 28.0. The summed E-state index contributed by atoms with van der Waals surface area (Å²) in [5, 5.41) is 48.1. The Morgan fingerprint density at radius 1 is 0.933 bits per heavy atom. The molecule has 5 N–H and O–H groups in total. The van der Waals surface area contributed by atoms with Gasteiger partial charge in [-0.05, 0) is 0 Å².